The maximum Gasteiger partial charge on any atom is 0.227 e. The highest BCUT2D eigenvalue weighted by Gasteiger charge is 2.19. The Labute approximate surface area is 107 Å². The lowest BCUT2D eigenvalue weighted by Crippen LogP contribution is -2.06. The van der Waals surface area contributed by atoms with Gasteiger partial charge in [0.2, 0.25) is 15.0 Å². The SMILES string of the molecule is CSc1nnc(-c2cnc(S(C)(=O)=O)n2C)s1. The highest BCUT2D eigenvalue weighted by Crippen LogP contribution is 2.28. The molecule has 0 amide bonds. The first-order valence-electron chi connectivity index (χ1n) is 4.53. The molecule has 0 saturated heterocycles. The number of rotatable bonds is 3. The molecule has 0 atom stereocenters. The molecule has 2 aromatic heterocycles. The molecule has 0 aliphatic carbocycles. The second-order valence-electron chi connectivity index (χ2n) is 3.33. The van der Waals surface area contributed by atoms with E-state index in [1.807, 2.05) is 6.26 Å². The highest BCUT2D eigenvalue weighted by atomic mass is 32.2. The normalized spacial score (nSPS) is 11.9. The Bertz CT molecular complexity index is 644. The largest absolute Gasteiger partial charge is 0.316 e. The van der Waals surface area contributed by atoms with Crippen LogP contribution >= 0.6 is 23.1 Å². The summed E-state index contributed by atoms with van der Waals surface area (Å²) >= 11 is 2.91. The van der Waals surface area contributed by atoms with Gasteiger partial charge in [-0.3, -0.25) is 0 Å². The smallest absolute Gasteiger partial charge is 0.227 e. The van der Waals surface area contributed by atoms with E-state index in [4.69, 9.17) is 0 Å². The summed E-state index contributed by atoms with van der Waals surface area (Å²) in [5.74, 6) is 0. The van der Waals surface area contributed by atoms with Gasteiger partial charge in [-0.2, -0.15) is 0 Å². The molecular formula is C8H10N4O2S3. The maximum absolute atomic E-state index is 11.4. The molecule has 9 heteroatoms. The summed E-state index contributed by atoms with van der Waals surface area (Å²) in [6, 6.07) is 0. The van der Waals surface area contributed by atoms with Gasteiger partial charge in [0.25, 0.3) is 0 Å². The number of hydrogen-bond acceptors (Lipinski definition) is 7. The van der Waals surface area contributed by atoms with E-state index in [0.29, 0.717) is 10.7 Å². The summed E-state index contributed by atoms with van der Waals surface area (Å²) in [6.07, 6.45) is 4.54. The molecule has 0 aliphatic rings. The summed E-state index contributed by atoms with van der Waals surface area (Å²) in [4.78, 5) is 3.91. The predicted octanol–water partition coefficient (Wildman–Crippen LogP) is 1.06. The second-order valence-corrected chi connectivity index (χ2v) is 7.27. The van der Waals surface area contributed by atoms with E-state index in [2.05, 4.69) is 15.2 Å². The first-order chi connectivity index (χ1) is 7.93. The molecule has 0 unspecified atom stereocenters. The van der Waals surface area contributed by atoms with Crippen LogP contribution in [-0.4, -0.2) is 40.7 Å². The Morgan fingerprint density at radius 3 is 2.59 bits per heavy atom. The van der Waals surface area contributed by atoms with Crippen LogP contribution in [0.4, 0.5) is 0 Å². The Morgan fingerprint density at radius 1 is 1.41 bits per heavy atom. The van der Waals surface area contributed by atoms with E-state index < -0.39 is 9.84 Å². The fraction of sp³-hybridized carbons (Fsp3) is 0.375. The van der Waals surface area contributed by atoms with Crippen LogP contribution in [0.15, 0.2) is 15.7 Å². The topological polar surface area (TPSA) is 77.7 Å². The molecular weight excluding hydrogens is 280 g/mol. The van der Waals surface area contributed by atoms with Gasteiger partial charge >= 0.3 is 0 Å². The van der Waals surface area contributed by atoms with E-state index in [0.717, 1.165) is 10.6 Å². The fourth-order valence-electron chi connectivity index (χ4n) is 1.33. The number of sulfone groups is 1. The first-order valence-corrected chi connectivity index (χ1v) is 8.46. The van der Waals surface area contributed by atoms with Gasteiger partial charge in [-0.1, -0.05) is 23.1 Å². The van der Waals surface area contributed by atoms with Gasteiger partial charge in [0.05, 0.1) is 11.9 Å². The van der Waals surface area contributed by atoms with Crippen LogP contribution in [-0.2, 0) is 16.9 Å². The molecule has 2 rings (SSSR count). The first kappa shape index (κ1) is 12.5. The average Bonchev–Trinajstić information content (AvgIpc) is 2.82. The zero-order chi connectivity index (χ0) is 12.6. The molecule has 2 heterocycles. The molecule has 0 aromatic carbocycles. The van der Waals surface area contributed by atoms with E-state index in [9.17, 15) is 8.42 Å². The standard InChI is InChI=1S/C8H10N4O2S3/c1-12-5(4-9-7(12)17(3,13)14)6-10-11-8(15-2)16-6/h4H,1-3H3. The molecule has 17 heavy (non-hydrogen) atoms. The van der Waals surface area contributed by atoms with Crippen LogP contribution in [0.3, 0.4) is 0 Å². The number of aromatic nitrogens is 4. The third-order valence-corrected chi connectivity index (χ3v) is 5.04. The Morgan fingerprint density at radius 2 is 2.12 bits per heavy atom. The maximum atomic E-state index is 11.4. The monoisotopic (exact) mass is 290 g/mol. The van der Waals surface area contributed by atoms with Crippen molar-refractivity contribution in [2.75, 3.05) is 12.5 Å². The molecule has 0 bridgehead atoms. The van der Waals surface area contributed by atoms with Crippen molar-refractivity contribution in [1.82, 2.24) is 19.7 Å². The van der Waals surface area contributed by atoms with E-state index in [-0.39, 0.29) is 5.16 Å². The fourth-order valence-corrected chi connectivity index (χ4v) is 3.49. The van der Waals surface area contributed by atoms with E-state index in [1.54, 1.807) is 7.05 Å². The Kier molecular flexibility index (Phi) is 3.23. The lowest BCUT2D eigenvalue weighted by atomic mass is 10.5. The van der Waals surface area contributed by atoms with Crippen molar-refractivity contribution in [3.05, 3.63) is 6.20 Å². The molecule has 92 valence electrons. The Hall–Kier alpha value is -0.930. The summed E-state index contributed by atoms with van der Waals surface area (Å²) in [5, 5.41) is 8.67. The Balaban J connectivity index is 2.51. The summed E-state index contributed by atoms with van der Waals surface area (Å²) in [5.41, 5.74) is 0.656. The minimum absolute atomic E-state index is 0.0356. The van der Waals surface area contributed by atoms with Crippen molar-refractivity contribution < 1.29 is 8.42 Å². The number of hydrogen-bond donors (Lipinski definition) is 0. The van der Waals surface area contributed by atoms with Crippen LogP contribution in [0.1, 0.15) is 0 Å². The van der Waals surface area contributed by atoms with Crippen molar-refractivity contribution in [3.8, 4) is 10.7 Å². The van der Waals surface area contributed by atoms with Crippen LogP contribution in [0.5, 0.6) is 0 Å². The van der Waals surface area contributed by atoms with Gasteiger partial charge in [-0.05, 0) is 6.26 Å². The number of thioether (sulfide) groups is 1. The van der Waals surface area contributed by atoms with Crippen molar-refractivity contribution >= 4 is 32.9 Å². The van der Waals surface area contributed by atoms with Gasteiger partial charge in [0.15, 0.2) is 9.35 Å². The molecule has 0 radical (unpaired) electrons. The predicted molar refractivity (Wildman–Crippen MR) is 67.0 cm³/mol. The van der Waals surface area contributed by atoms with Crippen LogP contribution in [0, 0.1) is 0 Å². The molecule has 2 aromatic rings. The van der Waals surface area contributed by atoms with Gasteiger partial charge in [-0.25, -0.2) is 13.4 Å². The van der Waals surface area contributed by atoms with Crippen molar-refractivity contribution in [3.63, 3.8) is 0 Å². The minimum atomic E-state index is -3.32. The van der Waals surface area contributed by atoms with Crippen LogP contribution in [0.2, 0.25) is 0 Å². The zero-order valence-corrected chi connectivity index (χ0v) is 11.9. The third kappa shape index (κ3) is 2.35. The lowest BCUT2D eigenvalue weighted by Gasteiger charge is -2.00. The summed E-state index contributed by atoms with van der Waals surface area (Å²) in [6.45, 7) is 0. The molecule has 0 saturated carbocycles. The quantitative estimate of drug-likeness (QED) is 0.787. The van der Waals surface area contributed by atoms with Gasteiger partial charge in [0.1, 0.15) is 0 Å². The summed E-state index contributed by atoms with van der Waals surface area (Å²) in [7, 11) is -1.66. The number of nitrogens with zero attached hydrogens (tertiary/aromatic N) is 4. The third-order valence-electron chi connectivity index (χ3n) is 2.08. The van der Waals surface area contributed by atoms with Crippen molar-refractivity contribution in [2.24, 2.45) is 7.05 Å². The lowest BCUT2D eigenvalue weighted by molar-refractivity contribution is 0.585. The highest BCUT2D eigenvalue weighted by molar-refractivity contribution is 8.00. The average molecular weight is 290 g/mol. The number of imidazole rings is 1. The van der Waals surface area contributed by atoms with Crippen LogP contribution in [0.25, 0.3) is 10.7 Å². The van der Waals surface area contributed by atoms with E-state index >= 15 is 0 Å². The van der Waals surface area contributed by atoms with Crippen molar-refractivity contribution in [1.29, 1.82) is 0 Å². The zero-order valence-electron chi connectivity index (χ0n) is 9.41. The molecule has 0 aliphatic heterocycles. The molecule has 0 fully saturated rings. The van der Waals surface area contributed by atoms with Gasteiger partial charge in [-0.15, -0.1) is 10.2 Å². The second kappa shape index (κ2) is 4.39. The molecule has 0 N–H and O–H groups in total. The van der Waals surface area contributed by atoms with E-state index in [1.165, 1.54) is 33.9 Å². The summed E-state index contributed by atoms with van der Waals surface area (Å²) < 4.78 is 25.2. The molecule has 0 spiro atoms. The molecule has 6 nitrogen and oxygen atoms in total. The minimum Gasteiger partial charge on any atom is -0.316 e. The van der Waals surface area contributed by atoms with Crippen LogP contribution < -0.4 is 0 Å². The van der Waals surface area contributed by atoms with Crippen molar-refractivity contribution in [2.45, 2.75) is 9.50 Å². The van der Waals surface area contributed by atoms with Gasteiger partial charge < -0.3 is 4.57 Å². The van der Waals surface area contributed by atoms with Gasteiger partial charge in [0, 0.05) is 13.3 Å².